The van der Waals surface area contributed by atoms with Gasteiger partial charge in [-0.05, 0) is 36.1 Å². The monoisotopic (exact) mass is 253 g/mol. The summed E-state index contributed by atoms with van der Waals surface area (Å²) in [5.74, 6) is 0. The Morgan fingerprint density at radius 3 is 2.53 bits per heavy atom. The van der Waals surface area contributed by atoms with Gasteiger partial charge in [-0.25, -0.2) is 0 Å². The number of hydrogen-bond acceptors (Lipinski definition) is 2. The average molecular weight is 253 g/mol. The summed E-state index contributed by atoms with van der Waals surface area (Å²) in [4.78, 5) is 0. The smallest absolute Gasteiger partial charge is 0.102 e. The molecule has 0 saturated carbocycles. The SMILES string of the molecule is COC1c2ccccc2CCC1Nc1ccccc1. The minimum atomic E-state index is 0.130. The second-order valence-electron chi connectivity index (χ2n) is 5.01. The molecule has 2 aromatic rings. The molecule has 0 saturated heterocycles. The number of methoxy groups -OCH3 is 1. The van der Waals surface area contributed by atoms with Crippen molar-refractivity contribution in [3.05, 3.63) is 65.7 Å². The Labute approximate surface area is 114 Å². The Kier molecular flexibility index (Phi) is 3.51. The van der Waals surface area contributed by atoms with E-state index in [0.29, 0.717) is 6.04 Å². The zero-order chi connectivity index (χ0) is 13.1. The Morgan fingerprint density at radius 1 is 1.00 bits per heavy atom. The van der Waals surface area contributed by atoms with Crippen LogP contribution in [0.4, 0.5) is 5.69 Å². The van der Waals surface area contributed by atoms with E-state index in [1.54, 1.807) is 7.11 Å². The topological polar surface area (TPSA) is 21.3 Å². The van der Waals surface area contributed by atoms with Gasteiger partial charge in [0.15, 0.2) is 0 Å². The number of benzene rings is 2. The van der Waals surface area contributed by atoms with Crippen molar-refractivity contribution >= 4 is 5.69 Å². The highest BCUT2D eigenvalue weighted by molar-refractivity contribution is 5.45. The summed E-state index contributed by atoms with van der Waals surface area (Å²) in [6, 6.07) is 19.3. The molecule has 0 spiro atoms. The molecule has 98 valence electrons. The van der Waals surface area contributed by atoms with E-state index in [9.17, 15) is 0 Å². The Bertz CT molecular complexity index is 538. The van der Waals surface area contributed by atoms with E-state index in [-0.39, 0.29) is 6.10 Å². The van der Waals surface area contributed by atoms with Crippen molar-refractivity contribution in [3.8, 4) is 0 Å². The van der Waals surface area contributed by atoms with Gasteiger partial charge in [-0.3, -0.25) is 0 Å². The molecule has 2 aromatic carbocycles. The predicted octanol–water partition coefficient (Wildman–Crippen LogP) is 3.80. The number of aryl methyl sites for hydroxylation is 1. The normalized spacial score (nSPS) is 21.7. The molecule has 0 bridgehead atoms. The van der Waals surface area contributed by atoms with Gasteiger partial charge < -0.3 is 10.1 Å². The standard InChI is InChI=1S/C17H19NO/c1-19-17-15-10-6-5-7-13(15)11-12-16(17)18-14-8-3-2-4-9-14/h2-10,16-18H,11-12H2,1H3. The molecule has 0 radical (unpaired) electrons. The van der Waals surface area contributed by atoms with E-state index in [4.69, 9.17) is 4.74 Å². The summed E-state index contributed by atoms with van der Waals surface area (Å²) in [6.45, 7) is 0. The number of anilines is 1. The number of nitrogens with one attached hydrogen (secondary N) is 1. The third-order valence-corrected chi connectivity index (χ3v) is 3.83. The van der Waals surface area contributed by atoms with Crippen molar-refractivity contribution in [2.24, 2.45) is 0 Å². The molecule has 1 aliphatic rings. The zero-order valence-electron chi connectivity index (χ0n) is 11.2. The maximum Gasteiger partial charge on any atom is 0.102 e. The second-order valence-corrected chi connectivity index (χ2v) is 5.01. The Hall–Kier alpha value is -1.80. The van der Waals surface area contributed by atoms with Crippen molar-refractivity contribution in [1.82, 2.24) is 0 Å². The van der Waals surface area contributed by atoms with Crippen molar-refractivity contribution in [1.29, 1.82) is 0 Å². The molecular weight excluding hydrogens is 234 g/mol. The second kappa shape index (κ2) is 5.45. The van der Waals surface area contributed by atoms with Crippen LogP contribution in [0.2, 0.25) is 0 Å². The molecule has 2 unspecified atom stereocenters. The third-order valence-electron chi connectivity index (χ3n) is 3.83. The molecule has 1 N–H and O–H groups in total. The lowest BCUT2D eigenvalue weighted by Crippen LogP contribution is -2.33. The lowest BCUT2D eigenvalue weighted by atomic mass is 9.85. The molecule has 0 aromatic heterocycles. The minimum Gasteiger partial charge on any atom is -0.379 e. The van der Waals surface area contributed by atoms with E-state index in [1.165, 1.54) is 11.1 Å². The zero-order valence-corrected chi connectivity index (χ0v) is 11.2. The predicted molar refractivity (Wildman–Crippen MR) is 78.4 cm³/mol. The van der Waals surface area contributed by atoms with Gasteiger partial charge in [0, 0.05) is 12.8 Å². The summed E-state index contributed by atoms with van der Waals surface area (Å²) in [5, 5.41) is 3.60. The number of para-hydroxylation sites is 1. The first-order valence-corrected chi connectivity index (χ1v) is 6.80. The lowest BCUT2D eigenvalue weighted by Gasteiger charge is -2.33. The quantitative estimate of drug-likeness (QED) is 0.898. The van der Waals surface area contributed by atoms with E-state index < -0.39 is 0 Å². The highest BCUT2D eigenvalue weighted by atomic mass is 16.5. The summed E-state index contributed by atoms with van der Waals surface area (Å²) in [6.07, 6.45) is 2.34. The van der Waals surface area contributed by atoms with Crippen molar-refractivity contribution in [2.75, 3.05) is 12.4 Å². The summed E-state index contributed by atoms with van der Waals surface area (Å²) < 4.78 is 5.74. The van der Waals surface area contributed by atoms with Gasteiger partial charge in [0.2, 0.25) is 0 Å². The fourth-order valence-electron chi connectivity index (χ4n) is 2.91. The van der Waals surface area contributed by atoms with Gasteiger partial charge in [0.25, 0.3) is 0 Å². The maximum atomic E-state index is 5.74. The molecule has 0 heterocycles. The van der Waals surface area contributed by atoms with Gasteiger partial charge in [0.05, 0.1) is 6.04 Å². The van der Waals surface area contributed by atoms with Crippen molar-refractivity contribution < 1.29 is 4.74 Å². The van der Waals surface area contributed by atoms with Crippen LogP contribution in [-0.4, -0.2) is 13.2 Å². The van der Waals surface area contributed by atoms with Crippen LogP contribution in [0, 0.1) is 0 Å². The molecule has 19 heavy (non-hydrogen) atoms. The van der Waals surface area contributed by atoms with Gasteiger partial charge >= 0.3 is 0 Å². The maximum absolute atomic E-state index is 5.74. The van der Waals surface area contributed by atoms with Gasteiger partial charge in [-0.1, -0.05) is 42.5 Å². The molecular formula is C17H19NO. The molecule has 0 fully saturated rings. The average Bonchev–Trinajstić information content (AvgIpc) is 2.48. The molecule has 1 aliphatic carbocycles. The lowest BCUT2D eigenvalue weighted by molar-refractivity contribution is 0.0777. The highest BCUT2D eigenvalue weighted by Gasteiger charge is 2.29. The minimum absolute atomic E-state index is 0.130. The van der Waals surface area contributed by atoms with Crippen molar-refractivity contribution in [3.63, 3.8) is 0 Å². The number of fused-ring (bicyclic) bond motifs is 1. The number of rotatable bonds is 3. The first-order valence-electron chi connectivity index (χ1n) is 6.80. The van der Waals surface area contributed by atoms with E-state index in [2.05, 4.69) is 53.8 Å². The fraction of sp³-hybridized carbons (Fsp3) is 0.294. The summed E-state index contributed by atoms with van der Waals surface area (Å²) in [7, 11) is 1.80. The number of ether oxygens (including phenoxy) is 1. The fourth-order valence-corrected chi connectivity index (χ4v) is 2.91. The Balaban J connectivity index is 1.84. The third kappa shape index (κ3) is 2.49. The van der Waals surface area contributed by atoms with Crippen LogP contribution in [0.3, 0.4) is 0 Å². The molecule has 3 rings (SSSR count). The highest BCUT2D eigenvalue weighted by Crippen LogP contribution is 2.33. The first-order chi connectivity index (χ1) is 9.38. The van der Waals surface area contributed by atoms with Gasteiger partial charge in [0.1, 0.15) is 6.10 Å². The first kappa shape index (κ1) is 12.2. The number of hydrogen-bond donors (Lipinski definition) is 1. The van der Waals surface area contributed by atoms with Crippen molar-refractivity contribution in [2.45, 2.75) is 25.0 Å². The largest absolute Gasteiger partial charge is 0.379 e. The molecule has 0 aliphatic heterocycles. The van der Waals surface area contributed by atoms with E-state index in [1.807, 2.05) is 6.07 Å². The van der Waals surface area contributed by atoms with Crippen LogP contribution in [-0.2, 0) is 11.2 Å². The molecule has 2 nitrogen and oxygen atoms in total. The van der Waals surface area contributed by atoms with Crippen LogP contribution >= 0.6 is 0 Å². The van der Waals surface area contributed by atoms with Crippen LogP contribution in [0.5, 0.6) is 0 Å². The van der Waals surface area contributed by atoms with Crippen LogP contribution in [0.25, 0.3) is 0 Å². The molecule has 2 atom stereocenters. The van der Waals surface area contributed by atoms with E-state index >= 15 is 0 Å². The summed E-state index contributed by atoms with van der Waals surface area (Å²) >= 11 is 0. The molecule has 0 amide bonds. The van der Waals surface area contributed by atoms with E-state index in [0.717, 1.165) is 18.5 Å². The van der Waals surface area contributed by atoms with Gasteiger partial charge in [-0.2, -0.15) is 0 Å². The van der Waals surface area contributed by atoms with Crippen LogP contribution < -0.4 is 5.32 Å². The van der Waals surface area contributed by atoms with Crippen LogP contribution in [0.1, 0.15) is 23.7 Å². The summed E-state index contributed by atoms with van der Waals surface area (Å²) in [5.41, 5.74) is 3.90. The van der Waals surface area contributed by atoms with Gasteiger partial charge in [-0.15, -0.1) is 0 Å². The molecule has 2 heteroatoms. The van der Waals surface area contributed by atoms with Crippen LogP contribution in [0.15, 0.2) is 54.6 Å². The Morgan fingerprint density at radius 2 is 1.74 bits per heavy atom.